The van der Waals surface area contributed by atoms with Gasteiger partial charge in [-0.15, -0.1) is 0 Å². The van der Waals surface area contributed by atoms with Gasteiger partial charge in [-0.3, -0.25) is 4.79 Å². The molecule has 2 rings (SSSR count). The van der Waals surface area contributed by atoms with Gasteiger partial charge in [0.2, 0.25) is 0 Å². The summed E-state index contributed by atoms with van der Waals surface area (Å²) in [6, 6.07) is 7.46. The van der Waals surface area contributed by atoms with Gasteiger partial charge >= 0.3 is 6.09 Å². The van der Waals surface area contributed by atoms with Gasteiger partial charge in [0.15, 0.2) is 0 Å². The van der Waals surface area contributed by atoms with Crippen LogP contribution < -0.4 is 0 Å². The summed E-state index contributed by atoms with van der Waals surface area (Å²) in [4.78, 5) is 26.3. The van der Waals surface area contributed by atoms with Crippen molar-refractivity contribution in [3.63, 3.8) is 0 Å². The quantitative estimate of drug-likeness (QED) is 0.839. The number of carboxylic acid groups (broad SMARTS) is 1. The zero-order chi connectivity index (χ0) is 13.8. The molecule has 5 heteroatoms. The van der Waals surface area contributed by atoms with Crippen molar-refractivity contribution in [2.24, 2.45) is 0 Å². The van der Waals surface area contributed by atoms with Crippen molar-refractivity contribution in [3.8, 4) is 0 Å². The van der Waals surface area contributed by atoms with E-state index in [4.69, 9.17) is 5.11 Å². The van der Waals surface area contributed by atoms with E-state index in [2.05, 4.69) is 0 Å². The molecule has 1 aromatic rings. The Bertz CT molecular complexity index is 470. The molecule has 19 heavy (non-hydrogen) atoms. The van der Waals surface area contributed by atoms with Crippen molar-refractivity contribution < 1.29 is 14.7 Å². The molecule has 0 aromatic heterocycles. The second-order valence-corrected chi connectivity index (χ2v) is 4.78. The summed E-state index contributed by atoms with van der Waals surface area (Å²) in [5, 5.41) is 8.96. The van der Waals surface area contributed by atoms with Crippen LogP contribution in [0.3, 0.4) is 0 Å². The van der Waals surface area contributed by atoms with Crippen LogP contribution in [0.1, 0.15) is 22.3 Å². The lowest BCUT2D eigenvalue weighted by atomic mass is 10.1. The maximum absolute atomic E-state index is 12.3. The van der Waals surface area contributed by atoms with E-state index >= 15 is 0 Å². The van der Waals surface area contributed by atoms with Crippen molar-refractivity contribution in [1.29, 1.82) is 0 Å². The number of carbonyl (C=O) groups is 2. The van der Waals surface area contributed by atoms with Gasteiger partial charge in [-0.25, -0.2) is 4.79 Å². The van der Waals surface area contributed by atoms with Gasteiger partial charge in [-0.2, -0.15) is 0 Å². The smallest absolute Gasteiger partial charge is 0.407 e. The molecule has 5 nitrogen and oxygen atoms in total. The van der Waals surface area contributed by atoms with Crippen molar-refractivity contribution in [3.05, 3.63) is 35.4 Å². The van der Waals surface area contributed by atoms with E-state index in [1.807, 2.05) is 31.2 Å². The van der Waals surface area contributed by atoms with Crippen LogP contribution in [0.2, 0.25) is 0 Å². The molecule has 1 aliphatic heterocycles. The summed E-state index contributed by atoms with van der Waals surface area (Å²) >= 11 is 0. The predicted molar refractivity (Wildman–Crippen MR) is 71.3 cm³/mol. The molecule has 1 heterocycles. The minimum Gasteiger partial charge on any atom is -0.465 e. The van der Waals surface area contributed by atoms with E-state index in [-0.39, 0.29) is 5.91 Å². The number of hydrogen-bond acceptors (Lipinski definition) is 2. The fourth-order valence-corrected chi connectivity index (χ4v) is 2.19. The Balaban J connectivity index is 2.03. The van der Waals surface area contributed by atoms with Crippen LogP contribution in [0, 0.1) is 6.92 Å². The van der Waals surface area contributed by atoms with Crippen LogP contribution in [0.25, 0.3) is 0 Å². The van der Waals surface area contributed by atoms with E-state index in [1.165, 1.54) is 4.90 Å². The molecule has 0 aliphatic carbocycles. The molecule has 1 saturated heterocycles. The van der Waals surface area contributed by atoms with Crippen molar-refractivity contribution in [2.75, 3.05) is 26.2 Å². The fraction of sp³-hybridized carbons (Fsp3) is 0.429. The molecule has 0 bridgehead atoms. The normalized spacial score (nSPS) is 16.1. The van der Waals surface area contributed by atoms with Crippen LogP contribution in [-0.4, -0.2) is 53.1 Å². The summed E-state index contributed by atoms with van der Waals surface area (Å²) in [7, 11) is 0. The summed E-state index contributed by atoms with van der Waals surface area (Å²) in [6.45, 7) is 3.92. The van der Waals surface area contributed by atoms with Crippen LogP contribution in [0.5, 0.6) is 0 Å². The van der Waals surface area contributed by atoms with Gasteiger partial charge in [0, 0.05) is 31.7 Å². The third-order valence-electron chi connectivity index (χ3n) is 3.35. The topological polar surface area (TPSA) is 60.9 Å². The predicted octanol–water partition coefficient (Wildman–Crippen LogP) is 1.82. The maximum atomic E-state index is 12.3. The Morgan fingerprint density at radius 1 is 1.00 bits per heavy atom. The molecule has 0 unspecified atom stereocenters. The van der Waals surface area contributed by atoms with Gasteiger partial charge in [-0.05, 0) is 25.5 Å². The molecule has 1 aromatic carbocycles. The van der Waals surface area contributed by atoms with E-state index in [9.17, 15) is 9.59 Å². The highest BCUT2D eigenvalue weighted by atomic mass is 16.4. The van der Waals surface area contributed by atoms with Crippen LogP contribution in [-0.2, 0) is 0 Å². The molecular formula is C14H18N2O3. The summed E-state index contributed by atoms with van der Waals surface area (Å²) in [6.07, 6.45) is -0.228. The Morgan fingerprint density at radius 2 is 1.58 bits per heavy atom. The number of carbonyl (C=O) groups excluding carboxylic acids is 1. The fourth-order valence-electron chi connectivity index (χ4n) is 2.19. The van der Waals surface area contributed by atoms with E-state index in [0.717, 1.165) is 5.56 Å². The number of hydrogen-bond donors (Lipinski definition) is 1. The Hall–Kier alpha value is -2.04. The standard InChI is InChI=1S/C14H18N2O3/c1-11-3-5-12(6-4-11)13(17)15-7-2-8-16(10-9-15)14(18)19/h3-6H,2,7-10H2,1H3,(H,18,19). The van der Waals surface area contributed by atoms with Gasteiger partial charge in [0.25, 0.3) is 5.91 Å². The third-order valence-corrected chi connectivity index (χ3v) is 3.35. The molecular weight excluding hydrogens is 244 g/mol. The second kappa shape index (κ2) is 5.73. The number of rotatable bonds is 1. The third kappa shape index (κ3) is 3.24. The lowest BCUT2D eigenvalue weighted by molar-refractivity contribution is 0.0759. The number of nitrogens with zero attached hydrogens (tertiary/aromatic N) is 2. The van der Waals surface area contributed by atoms with Gasteiger partial charge in [0.05, 0.1) is 0 Å². The highest BCUT2D eigenvalue weighted by molar-refractivity contribution is 5.94. The number of benzene rings is 1. The van der Waals surface area contributed by atoms with Crippen molar-refractivity contribution in [1.82, 2.24) is 9.80 Å². The van der Waals surface area contributed by atoms with E-state index in [0.29, 0.717) is 38.2 Å². The summed E-state index contributed by atoms with van der Waals surface area (Å²) in [5.41, 5.74) is 1.78. The first-order valence-corrected chi connectivity index (χ1v) is 6.42. The van der Waals surface area contributed by atoms with Crippen LogP contribution >= 0.6 is 0 Å². The molecule has 1 N–H and O–H groups in total. The molecule has 0 spiro atoms. The zero-order valence-electron chi connectivity index (χ0n) is 11.0. The van der Waals surface area contributed by atoms with E-state index in [1.54, 1.807) is 4.90 Å². The highest BCUT2D eigenvalue weighted by Crippen LogP contribution is 2.10. The minimum atomic E-state index is -0.912. The zero-order valence-corrected chi connectivity index (χ0v) is 11.0. The molecule has 0 radical (unpaired) electrons. The summed E-state index contributed by atoms with van der Waals surface area (Å²) < 4.78 is 0. The van der Waals surface area contributed by atoms with Crippen molar-refractivity contribution >= 4 is 12.0 Å². The van der Waals surface area contributed by atoms with E-state index < -0.39 is 6.09 Å². The average Bonchev–Trinajstić information content (AvgIpc) is 2.64. The molecule has 0 atom stereocenters. The Morgan fingerprint density at radius 3 is 2.21 bits per heavy atom. The first-order chi connectivity index (χ1) is 9.08. The highest BCUT2D eigenvalue weighted by Gasteiger charge is 2.22. The minimum absolute atomic E-state index is 0.0211. The summed E-state index contributed by atoms with van der Waals surface area (Å²) in [5.74, 6) is -0.0211. The SMILES string of the molecule is Cc1ccc(C(=O)N2CCCN(C(=O)O)CC2)cc1. The average molecular weight is 262 g/mol. The molecule has 1 fully saturated rings. The number of aryl methyl sites for hydroxylation is 1. The first-order valence-electron chi connectivity index (χ1n) is 6.42. The van der Waals surface area contributed by atoms with Gasteiger partial charge in [-0.1, -0.05) is 17.7 Å². The lowest BCUT2D eigenvalue weighted by Crippen LogP contribution is -2.36. The monoisotopic (exact) mass is 262 g/mol. The molecule has 102 valence electrons. The number of amides is 2. The maximum Gasteiger partial charge on any atom is 0.407 e. The first kappa shape index (κ1) is 13.4. The molecule has 2 amide bonds. The Labute approximate surface area is 112 Å². The van der Waals surface area contributed by atoms with Gasteiger partial charge in [0.1, 0.15) is 0 Å². The second-order valence-electron chi connectivity index (χ2n) is 4.78. The Kier molecular flexibility index (Phi) is 4.04. The lowest BCUT2D eigenvalue weighted by Gasteiger charge is -2.20. The van der Waals surface area contributed by atoms with Gasteiger partial charge < -0.3 is 14.9 Å². The van der Waals surface area contributed by atoms with Crippen LogP contribution in [0.15, 0.2) is 24.3 Å². The molecule has 0 saturated carbocycles. The molecule has 1 aliphatic rings. The largest absolute Gasteiger partial charge is 0.465 e. The van der Waals surface area contributed by atoms with Crippen molar-refractivity contribution in [2.45, 2.75) is 13.3 Å². The van der Waals surface area contributed by atoms with Crippen LogP contribution in [0.4, 0.5) is 4.79 Å².